The van der Waals surface area contributed by atoms with Crippen LogP contribution in [0.4, 0.5) is 13.2 Å². The average molecular weight is 803 g/mol. The first-order valence-corrected chi connectivity index (χ1v) is 19.5. The number of rotatable bonds is 10. The SMILES string of the molecule is COc1cc(-c2nccc(-c3cccc4c3CC[C@@H]4Oc3nc(OC)c(CN4CC5(CNC(=O)C5)C4)cc3C(F)(F)F)c2Cl)ccc1CN1CC2(CNC(=O)C2)C1. The Hall–Kier alpha value is -4.92. The summed E-state index contributed by atoms with van der Waals surface area (Å²) in [6, 6.07) is 14.5. The summed E-state index contributed by atoms with van der Waals surface area (Å²) in [4.78, 5) is 36.8. The first-order valence-electron chi connectivity index (χ1n) is 19.1. The molecule has 2 aromatic carbocycles. The lowest BCUT2D eigenvalue weighted by atomic mass is 9.79. The number of hydrogen-bond donors (Lipinski definition) is 2. The second-order valence-electron chi connectivity index (χ2n) is 16.3. The van der Waals surface area contributed by atoms with E-state index in [2.05, 4.69) is 25.5 Å². The van der Waals surface area contributed by atoms with Gasteiger partial charge in [-0.25, -0.2) is 0 Å². The van der Waals surface area contributed by atoms with Crippen molar-refractivity contribution in [1.82, 2.24) is 30.4 Å². The second-order valence-corrected chi connectivity index (χ2v) is 16.6. The van der Waals surface area contributed by atoms with Crippen molar-refractivity contribution in [2.24, 2.45) is 10.8 Å². The fourth-order valence-corrected chi connectivity index (χ4v) is 9.89. The highest BCUT2D eigenvalue weighted by atomic mass is 35.5. The highest BCUT2D eigenvalue weighted by Crippen LogP contribution is 2.47. The maximum atomic E-state index is 14.6. The van der Waals surface area contributed by atoms with Crippen molar-refractivity contribution in [3.63, 3.8) is 0 Å². The summed E-state index contributed by atoms with van der Waals surface area (Å²) < 4.78 is 61.3. The lowest BCUT2D eigenvalue weighted by Crippen LogP contribution is -2.56. The van der Waals surface area contributed by atoms with Crippen molar-refractivity contribution in [2.45, 2.75) is 51.1 Å². The lowest BCUT2D eigenvalue weighted by Gasteiger charge is -2.47. The summed E-state index contributed by atoms with van der Waals surface area (Å²) in [6.07, 6.45) is -1.72. The number of halogens is 4. The minimum absolute atomic E-state index is 0.00131. The molecular weight excluding hydrogens is 761 g/mol. The highest BCUT2D eigenvalue weighted by Gasteiger charge is 2.49. The molecule has 6 heterocycles. The molecule has 2 aromatic heterocycles. The smallest absolute Gasteiger partial charge is 0.421 e. The van der Waals surface area contributed by atoms with Gasteiger partial charge in [0, 0.05) is 104 Å². The Morgan fingerprint density at radius 1 is 0.860 bits per heavy atom. The van der Waals surface area contributed by atoms with Crippen LogP contribution in [0.5, 0.6) is 17.5 Å². The molecule has 11 nitrogen and oxygen atoms in total. The molecule has 0 bridgehead atoms. The number of fused-ring (bicyclic) bond motifs is 1. The molecule has 4 aliphatic heterocycles. The molecule has 1 aliphatic carbocycles. The quantitative estimate of drug-likeness (QED) is 0.193. The minimum atomic E-state index is -4.72. The van der Waals surface area contributed by atoms with E-state index in [9.17, 15) is 22.8 Å². The van der Waals surface area contributed by atoms with Gasteiger partial charge in [0.1, 0.15) is 17.4 Å². The van der Waals surface area contributed by atoms with Gasteiger partial charge in [-0.05, 0) is 47.7 Å². The van der Waals surface area contributed by atoms with Crippen molar-refractivity contribution >= 4 is 23.4 Å². The fraction of sp³-hybridized carbons (Fsp3) is 0.429. The number of methoxy groups -OCH3 is 2. The molecule has 4 aromatic rings. The van der Waals surface area contributed by atoms with Crippen molar-refractivity contribution < 1.29 is 37.0 Å². The van der Waals surface area contributed by atoms with Crippen LogP contribution in [0.25, 0.3) is 22.4 Å². The van der Waals surface area contributed by atoms with Gasteiger partial charge in [0.15, 0.2) is 0 Å². The molecule has 4 saturated heterocycles. The standard InChI is InChI=1S/C42H42ClF3N6O5/c1-55-33-13-24(6-7-25(33)16-51-20-40(21-51)14-34(53)48-18-40)37-36(43)30(10-11-47-37)27-4-3-5-29-28(27)8-9-32(29)57-39-31(42(44,45)46)12-26(38(50-39)56-2)17-52-22-41(23-52)15-35(54)49-19-41/h3-7,10-13,32H,8-9,14-23H2,1-2H3,(H,48,53)(H,49,54)/t32-/m0/s1. The van der Waals surface area contributed by atoms with E-state index < -0.39 is 23.7 Å². The number of aromatic nitrogens is 2. The first kappa shape index (κ1) is 37.6. The molecule has 57 heavy (non-hydrogen) atoms. The van der Waals surface area contributed by atoms with Gasteiger partial charge >= 0.3 is 6.18 Å². The Balaban J connectivity index is 0.945. The van der Waals surface area contributed by atoms with Crippen molar-refractivity contribution in [2.75, 3.05) is 53.5 Å². The fourth-order valence-electron chi connectivity index (χ4n) is 9.57. The van der Waals surface area contributed by atoms with Crippen LogP contribution in [-0.2, 0) is 35.3 Å². The molecule has 15 heteroatoms. The van der Waals surface area contributed by atoms with E-state index in [0.717, 1.165) is 59.1 Å². The third-order valence-electron chi connectivity index (χ3n) is 12.2. The number of pyridine rings is 2. The Labute approximate surface area is 332 Å². The van der Waals surface area contributed by atoms with E-state index in [4.69, 9.17) is 25.8 Å². The van der Waals surface area contributed by atoms with Gasteiger partial charge in [0.2, 0.25) is 23.6 Å². The topological polar surface area (TPSA) is 118 Å². The summed E-state index contributed by atoms with van der Waals surface area (Å²) >= 11 is 7.14. The average Bonchev–Trinajstić information content (AvgIpc) is 3.88. The Morgan fingerprint density at radius 2 is 1.54 bits per heavy atom. The second kappa shape index (κ2) is 14.2. The molecule has 0 radical (unpaired) electrons. The van der Waals surface area contributed by atoms with Crippen molar-refractivity contribution in [3.05, 3.63) is 87.6 Å². The van der Waals surface area contributed by atoms with E-state index in [1.807, 2.05) is 47.4 Å². The number of hydrogen-bond acceptors (Lipinski definition) is 9. The van der Waals surface area contributed by atoms with Crippen LogP contribution in [0.2, 0.25) is 5.02 Å². The number of alkyl halides is 3. The van der Waals surface area contributed by atoms with E-state index in [1.54, 1.807) is 13.3 Å². The van der Waals surface area contributed by atoms with Crippen LogP contribution in [0.1, 0.15) is 53.2 Å². The maximum absolute atomic E-state index is 14.6. The number of amides is 2. The first-order chi connectivity index (χ1) is 27.3. The number of nitrogens with one attached hydrogen (secondary N) is 2. The summed E-state index contributed by atoms with van der Waals surface area (Å²) in [5, 5.41) is 6.24. The van der Waals surface area contributed by atoms with Crippen LogP contribution >= 0.6 is 11.6 Å². The van der Waals surface area contributed by atoms with Gasteiger partial charge in [-0.2, -0.15) is 18.2 Å². The summed E-state index contributed by atoms with van der Waals surface area (Å²) in [6.45, 7) is 5.10. The monoisotopic (exact) mass is 802 g/mol. The largest absolute Gasteiger partial charge is 0.496 e. The minimum Gasteiger partial charge on any atom is -0.496 e. The molecule has 5 aliphatic rings. The van der Waals surface area contributed by atoms with Crippen LogP contribution < -0.4 is 24.8 Å². The van der Waals surface area contributed by atoms with Gasteiger partial charge < -0.3 is 24.8 Å². The summed E-state index contributed by atoms with van der Waals surface area (Å²) in [7, 11) is 3.02. The molecule has 9 rings (SSSR count). The van der Waals surface area contributed by atoms with Crippen LogP contribution in [0.3, 0.4) is 0 Å². The zero-order chi connectivity index (χ0) is 39.7. The van der Waals surface area contributed by atoms with Gasteiger partial charge in [-0.15, -0.1) is 0 Å². The van der Waals surface area contributed by atoms with Gasteiger partial charge in [-0.1, -0.05) is 41.9 Å². The van der Waals surface area contributed by atoms with Crippen molar-refractivity contribution in [1.29, 1.82) is 0 Å². The highest BCUT2D eigenvalue weighted by molar-refractivity contribution is 6.35. The summed E-state index contributed by atoms with van der Waals surface area (Å²) in [5.41, 5.74) is 4.89. The third-order valence-corrected chi connectivity index (χ3v) is 12.5. The number of likely N-dealkylation sites (tertiary alicyclic amines) is 2. The normalized spacial score (nSPS) is 20.9. The van der Waals surface area contributed by atoms with E-state index in [1.165, 1.54) is 7.11 Å². The van der Waals surface area contributed by atoms with Gasteiger partial charge in [-0.3, -0.25) is 24.4 Å². The Kier molecular flexibility index (Phi) is 9.36. The zero-order valence-corrected chi connectivity index (χ0v) is 32.4. The molecular formula is C42H42ClF3N6O5. The van der Waals surface area contributed by atoms with Crippen LogP contribution in [0.15, 0.2) is 54.7 Å². The van der Waals surface area contributed by atoms with Crippen LogP contribution in [0, 0.1) is 10.8 Å². The molecule has 4 fully saturated rings. The number of benzene rings is 2. The molecule has 0 saturated carbocycles. The number of ether oxygens (including phenoxy) is 3. The number of carbonyl (C=O) groups excluding carboxylic acids is 2. The Bertz CT molecular complexity index is 2280. The lowest BCUT2D eigenvalue weighted by molar-refractivity contribution is -0.140. The van der Waals surface area contributed by atoms with E-state index in [-0.39, 0.29) is 35.1 Å². The molecule has 1 atom stereocenters. The Morgan fingerprint density at radius 3 is 2.16 bits per heavy atom. The predicted octanol–water partition coefficient (Wildman–Crippen LogP) is 6.21. The van der Waals surface area contributed by atoms with E-state index >= 15 is 0 Å². The van der Waals surface area contributed by atoms with Gasteiger partial charge in [0.05, 0.1) is 24.9 Å². The van der Waals surface area contributed by atoms with Crippen LogP contribution in [-0.4, -0.2) is 85.1 Å². The molecule has 298 valence electrons. The molecule has 2 amide bonds. The molecule has 2 N–H and O–H groups in total. The van der Waals surface area contributed by atoms with E-state index in [0.29, 0.717) is 73.9 Å². The maximum Gasteiger partial charge on any atom is 0.421 e. The number of carbonyl (C=O) groups is 2. The number of nitrogens with zero attached hydrogens (tertiary/aromatic N) is 4. The predicted molar refractivity (Wildman–Crippen MR) is 205 cm³/mol. The van der Waals surface area contributed by atoms with Gasteiger partial charge in [0.25, 0.3) is 0 Å². The zero-order valence-electron chi connectivity index (χ0n) is 31.6. The molecule has 2 spiro atoms. The van der Waals surface area contributed by atoms with Crippen molar-refractivity contribution in [3.8, 4) is 39.9 Å². The third kappa shape index (κ3) is 6.95. The summed E-state index contributed by atoms with van der Waals surface area (Å²) in [5.74, 6) is 0.369. The molecule has 0 unspecified atom stereocenters.